The SMILES string of the molecule is CCc1ncnc(N2CCN(CC(=O)Nc3ccccc3C(F)(F)F)CC2)c1F. The van der Waals surface area contributed by atoms with E-state index in [0.29, 0.717) is 38.3 Å². The lowest BCUT2D eigenvalue weighted by Gasteiger charge is -2.35. The van der Waals surface area contributed by atoms with Gasteiger partial charge in [0.25, 0.3) is 0 Å². The summed E-state index contributed by atoms with van der Waals surface area (Å²) in [5, 5.41) is 2.34. The van der Waals surface area contributed by atoms with Gasteiger partial charge in [-0.25, -0.2) is 14.4 Å². The van der Waals surface area contributed by atoms with E-state index in [2.05, 4.69) is 15.3 Å². The molecule has 1 fully saturated rings. The molecule has 1 aliphatic heterocycles. The van der Waals surface area contributed by atoms with Gasteiger partial charge < -0.3 is 10.2 Å². The number of anilines is 2. The highest BCUT2D eigenvalue weighted by Gasteiger charge is 2.33. The van der Waals surface area contributed by atoms with Crippen LogP contribution >= 0.6 is 0 Å². The molecule has 0 saturated carbocycles. The zero-order chi connectivity index (χ0) is 21.0. The molecular weight excluding hydrogens is 390 g/mol. The second-order valence-electron chi connectivity index (χ2n) is 6.67. The van der Waals surface area contributed by atoms with Gasteiger partial charge in [0.05, 0.1) is 23.5 Å². The highest BCUT2D eigenvalue weighted by molar-refractivity contribution is 5.93. The maximum Gasteiger partial charge on any atom is 0.418 e. The average molecular weight is 411 g/mol. The van der Waals surface area contributed by atoms with Gasteiger partial charge in [0, 0.05) is 26.2 Å². The molecule has 2 heterocycles. The molecule has 10 heteroatoms. The fraction of sp³-hybridized carbons (Fsp3) is 0.421. The second kappa shape index (κ2) is 8.73. The molecule has 156 valence electrons. The number of para-hydroxylation sites is 1. The van der Waals surface area contributed by atoms with E-state index in [4.69, 9.17) is 0 Å². The summed E-state index contributed by atoms with van der Waals surface area (Å²) in [6, 6.07) is 4.86. The van der Waals surface area contributed by atoms with Crippen LogP contribution < -0.4 is 10.2 Å². The molecule has 6 nitrogen and oxygen atoms in total. The van der Waals surface area contributed by atoms with Gasteiger partial charge in [-0.05, 0) is 18.6 Å². The molecule has 2 aromatic rings. The Hall–Kier alpha value is -2.75. The third-order valence-electron chi connectivity index (χ3n) is 4.72. The number of hydrogen-bond acceptors (Lipinski definition) is 5. The van der Waals surface area contributed by atoms with Crippen LogP contribution in [0.4, 0.5) is 29.1 Å². The van der Waals surface area contributed by atoms with Crippen molar-refractivity contribution in [1.29, 1.82) is 0 Å². The third kappa shape index (κ3) is 5.00. The van der Waals surface area contributed by atoms with Crippen LogP contribution in [0.1, 0.15) is 18.2 Å². The van der Waals surface area contributed by atoms with Gasteiger partial charge in [0.1, 0.15) is 6.33 Å². The highest BCUT2D eigenvalue weighted by atomic mass is 19.4. The number of carbonyl (C=O) groups is 1. The van der Waals surface area contributed by atoms with E-state index in [1.54, 1.807) is 4.90 Å². The van der Waals surface area contributed by atoms with Crippen molar-refractivity contribution in [2.75, 3.05) is 42.9 Å². The monoisotopic (exact) mass is 411 g/mol. The van der Waals surface area contributed by atoms with E-state index < -0.39 is 23.5 Å². The number of aromatic nitrogens is 2. The Labute approximate surface area is 165 Å². The van der Waals surface area contributed by atoms with Gasteiger partial charge >= 0.3 is 6.18 Å². The average Bonchev–Trinajstić information content (AvgIpc) is 2.68. The van der Waals surface area contributed by atoms with Gasteiger partial charge in [-0.1, -0.05) is 19.1 Å². The minimum atomic E-state index is -4.55. The molecule has 1 aromatic carbocycles. The molecule has 3 rings (SSSR count). The first-order valence-electron chi connectivity index (χ1n) is 9.22. The summed E-state index contributed by atoms with van der Waals surface area (Å²) < 4.78 is 53.5. The molecule has 0 aliphatic carbocycles. The second-order valence-corrected chi connectivity index (χ2v) is 6.67. The first kappa shape index (κ1) is 21.0. The largest absolute Gasteiger partial charge is 0.418 e. The summed E-state index contributed by atoms with van der Waals surface area (Å²) in [6.07, 6.45) is -2.76. The summed E-state index contributed by atoms with van der Waals surface area (Å²) in [5.41, 5.74) is -0.803. The number of alkyl halides is 3. The summed E-state index contributed by atoms with van der Waals surface area (Å²) >= 11 is 0. The molecule has 1 aliphatic rings. The fourth-order valence-electron chi connectivity index (χ4n) is 3.21. The van der Waals surface area contributed by atoms with E-state index in [9.17, 15) is 22.4 Å². The van der Waals surface area contributed by atoms with Crippen LogP contribution in [0, 0.1) is 5.82 Å². The van der Waals surface area contributed by atoms with Crippen molar-refractivity contribution in [2.45, 2.75) is 19.5 Å². The summed E-state index contributed by atoms with van der Waals surface area (Å²) in [5.74, 6) is -0.735. The lowest BCUT2D eigenvalue weighted by molar-refractivity contribution is -0.137. The van der Waals surface area contributed by atoms with E-state index in [-0.39, 0.29) is 18.1 Å². The minimum Gasteiger partial charge on any atom is -0.352 e. The maximum absolute atomic E-state index is 14.4. The first-order valence-corrected chi connectivity index (χ1v) is 9.22. The highest BCUT2D eigenvalue weighted by Crippen LogP contribution is 2.34. The Morgan fingerprint density at radius 2 is 1.83 bits per heavy atom. The van der Waals surface area contributed by atoms with Crippen molar-refractivity contribution in [2.24, 2.45) is 0 Å². The molecule has 0 spiro atoms. The molecule has 1 saturated heterocycles. The van der Waals surface area contributed by atoms with Crippen molar-refractivity contribution in [1.82, 2.24) is 14.9 Å². The zero-order valence-corrected chi connectivity index (χ0v) is 15.8. The Morgan fingerprint density at radius 1 is 1.14 bits per heavy atom. The summed E-state index contributed by atoms with van der Waals surface area (Å²) in [4.78, 5) is 23.8. The normalized spacial score (nSPS) is 15.4. The Morgan fingerprint density at radius 3 is 2.48 bits per heavy atom. The zero-order valence-electron chi connectivity index (χ0n) is 15.8. The Balaban J connectivity index is 1.57. The molecular formula is C19H21F4N5O. The molecule has 1 N–H and O–H groups in total. The number of benzene rings is 1. The molecule has 1 aromatic heterocycles. The number of hydrogen-bond donors (Lipinski definition) is 1. The Bertz CT molecular complexity index is 866. The van der Waals surface area contributed by atoms with E-state index in [1.165, 1.54) is 24.5 Å². The summed E-state index contributed by atoms with van der Waals surface area (Å²) in [6.45, 7) is 3.57. The minimum absolute atomic E-state index is 0.0491. The van der Waals surface area contributed by atoms with E-state index >= 15 is 0 Å². The molecule has 0 radical (unpaired) electrons. The van der Waals surface area contributed by atoms with Crippen LogP contribution in [0.25, 0.3) is 0 Å². The topological polar surface area (TPSA) is 61.4 Å². The number of nitrogens with one attached hydrogen (secondary N) is 1. The van der Waals surface area contributed by atoms with Gasteiger partial charge in [0.15, 0.2) is 11.6 Å². The summed E-state index contributed by atoms with van der Waals surface area (Å²) in [7, 11) is 0. The maximum atomic E-state index is 14.4. The van der Waals surface area contributed by atoms with Crippen LogP contribution in [-0.2, 0) is 17.4 Å². The quantitative estimate of drug-likeness (QED) is 0.767. The molecule has 0 bridgehead atoms. The van der Waals surface area contributed by atoms with E-state index in [0.717, 1.165) is 6.07 Å². The number of aryl methyl sites for hydroxylation is 1. The van der Waals surface area contributed by atoms with Crippen molar-refractivity contribution in [3.8, 4) is 0 Å². The lowest BCUT2D eigenvalue weighted by Crippen LogP contribution is -2.49. The van der Waals surface area contributed by atoms with E-state index in [1.807, 2.05) is 11.8 Å². The Kier molecular flexibility index (Phi) is 6.31. The molecule has 29 heavy (non-hydrogen) atoms. The van der Waals surface area contributed by atoms with Gasteiger partial charge in [-0.3, -0.25) is 9.69 Å². The van der Waals surface area contributed by atoms with Crippen molar-refractivity contribution >= 4 is 17.4 Å². The predicted octanol–water partition coefficient (Wildman–Crippen LogP) is 2.96. The van der Waals surface area contributed by atoms with Gasteiger partial charge in [-0.2, -0.15) is 13.2 Å². The van der Waals surface area contributed by atoms with Gasteiger partial charge in [0.2, 0.25) is 5.91 Å². The predicted molar refractivity (Wildman–Crippen MR) is 100 cm³/mol. The molecule has 0 atom stereocenters. The van der Waals surface area contributed by atoms with Crippen LogP contribution in [0.3, 0.4) is 0 Å². The number of amides is 1. The van der Waals surface area contributed by atoms with Crippen molar-refractivity contribution < 1.29 is 22.4 Å². The van der Waals surface area contributed by atoms with Crippen molar-refractivity contribution in [3.63, 3.8) is 0 Å². The number of rotatable bonds is 5. The molecule has 0 unspecified atom stereocenters. The third-order valence-corrected chi connectivity index (χ3v) is 4.72. The van der Waals surface area contributed by atoms with Crippen LogP contribution in [0.2, 0.25) is 0 Å². The number of nitrogens with zero attached hydrogens (tertiary/aromatic N) is 4. The first-order chi connectivity index (χ1) is 13.8. The van der Waals surface area contributed by atoms with Crippen LogP contribution in [0.15, 0.2) is 30.6 Å². The lowest BCUT2D eigenvalue weighted by atomic mass is 10.1. The van der Waals surface area contributed by atoms with Gasteiger partial charge in [-0.15, -0.1) is 0 Å². The number of piperazine rings is 1. The standard InChI is InChI=1S/C19H21F4N5O/c1-2-14-17(20)18(25-12-24-14)28-9-7-27(8-10-28)11-16(29)26-15-6-4-3-5-13(15)19(21,22)23/h3-6,12H,2,7-11H2,1H3,(H,26,29). The number of carbonyl (C=O) groups excluding carboxylic acids is 1. The van der Waals surface area contributed by atoms with Crippen LogP contribution in [-0.4, -0.2) is 53.5 Å². The van der Waals surface area contributed by atoms with Crippen molar-refractivity contribution in [3.05, 3.63) is 47.7 Å². The van der Waals surface area contributed by atoms with Crippen LogP contribution in [0.5, 0.6) is 0 Å². The fourth-order valence-corrected chi connectivity index (χ4v) is 3.21. The molecule has 1 amide bonds. The smallest absolute Gasteiger partial charge is 0.352 e. The number of halogens is 4.